The maximum Gasteiger partial charge on any atom is 0.309 e. The predicted octanol–water partition coefficient (Wildman–Crippen LogP) is 3.19. The van der Waals surface area contributed by atoms with Crippen LogP contribution in [0, 0.1) is 5.92 Å². The van der Waals surface area contributed by atoms with Gasteiger partial charge in [-0.1, -0.05) is 30.3 Å². The molecule has 0 saturated carbocycles. The lowest BCUT2D eigenvalue weighted by Crippen LogP contribution is -2.40. The Bertz CT molecular complexity index is 890. The zero-order valence-corrected chi connectivity index (χ0v) is 18.4. The highest BCUT2D eigenvalue weighted by atomic mass is 16.5. The van der Waals surface area contributed by atoms with Gasteiger partial charge in [0.15, 0.2) is 0 Å². The molecule has 7 heteroatoms. The van der Waals surface area contributed by atoms with E-state index in [0.717, 1.165) is 11.3 Å². The van der Waals surface area contributed by atoms with Gasteiger partial charge in [0.05, 0.1) is 25.6 Å². The minimum absolute atomic E-state index is 0.0408. The van der Waals surface area contributed by atoms with E-state index in [4.69, 9.17) is 9.47 Å². The Morgan fingerprint density at radius 2 is 1.69 bits per heavy atom. The highest BCUT2D eigenvalue weighted by Gasteiger charge is 2.28. The number of benzene rings is 2. The molecule has 0 radical (unpaired) electrons. The van der Waals surface area contributed by atoms with Crippen molar-refractivity contribution in [1.29, 1.82) is 0 Å². The smallest absolute Gasteiger partial charge is 0.309 e. The standard InChI is InChI=1S/C25H30N2O5/c1-2-31-25(30)21-12-15-27(16-13-21)24(29)20-10-8-19(9-11-20)18-26-23(28)14-17-32-22-6-4-3-5-7-22/h3-11,21H,2,12-18H2,1H3,(H,26,28). The maximum atomic E-state index is 12.7. The highest BCUT2D eigenvalue weighted by Crippen LogP contribution is 2.20. The Labute approximate surface area is 188 Å². The topological polar surface area (TPSA) is 84.9 Å². The Morgan fingerprint density at radius 3 is 2.34 bits per heavy atom. The molecule has 1 N–H and O–H groups in total. The van der Waals surface area contributed by atoms with Gasteiger partial charge in [-0.25, -0.2) is 0 Å². The van der Waals surface area contributed by atoms with E-state index in [1.54, 1.807) is 24.0 Å². The number of nitrogens with one attached hydrogen (secondary N) is 1. The minimum atomic E-state index is -0.169. The molecule has 1 aliphatic rings. The van der Waals surface area contributed by atoms with Crippen molar-refractivity contribution < 1.29 is 23.9 Å². The molecule has 2 aromatic carbocycles. The van der Waals surface area contributed by atoms with Crippen LogP contribution in [0.5, 0.6) is 5.75 Å². The first-order chi connectivity index (χ1) is 15.6. The third-order valence-electron chi connectivity index (χ3n) is 5.43. The average molecular weight is 439 g/mol. The molecule has 1 heterocycles. The molecular formula is C25H30N2O5. The van der Waals surface area contributed by atoms with Crippen LogP contribution in [-0.4, -0.2) is 49.0 Å². The van der Waals surface area contributed by atoms with Crippen LogP contribution in [0.1, 0.15) is 42.1 Å². The highest BCUT2D eigenvalue weighted by molar-refractivity contribution is 5.94. The van der Waals surface area contributed by atoms with Crippen molar-refractivity contribution in [2.45, 2.75) is 32.7 Å². The van der Waals surface area contributed by atoms with Gasteiger partial charge >= 0.3 is 5.97 Å². The normalized spacial score (nSPS) is 14.0. The van der Waals surface area contributed by atoms with E-state index in [-0.39, 0.29) is 30.1 Å². The van der Waals surface area contributed by atoms with Crippen molar-refractivity contribution in [2.24, 2.45) is 5.92 Å². The van der Waals surface area contributed by atoms with Gasteiger partial charge in [0.2, 0.25) is 5.91 Å². The van der Waals surface area contributed by atoms with Crippen molar-refractivity contribution in [1.82, 2.24) is 10.2 Å². The number of rotatable bonds is 9. The number of hydrogen-bond acceptors (Lipinski definition) is 5. The molecule has 1 saturated heterocycles. The maximum absolute atomic E-state index is 12.7. The Morgan fingerprint density at radius 1 is 1.00 bits per heavy atom. The SMILES string of the molecule is CCOC(=O)C1CCN(C(=O)c2ccc(CNC(=O)CCOc3ccccc3)cc2)CC1. The fourth-order valence-corrected chi connectivity index (χ4v) is 3.59. The van der Waals surface area contributed by atoms with Crippen LogP contribution < -0.4 is 10.1 Å². The van der Waals surface area contributed by atoms with Gasteiger partial charge in [-0.2, -0.15) is 0 Å². The molecule has 7 nitrogen and oxygen atoms in total. The van der Waals surface area contributed by atoms with E-state index in [0.29, 0.717) is 51.3 Å². The van der Waals surface area contributed by atoms with Gasteiger partial charge in [-0.3, -0.25) is 14.4 Å². The number of esters is 1. The van der Waals surface area contributed by atoms with Gasteiger partial charge < -0.3 is 19.7 Å². The predicted molar refractivity (Wildman–Crippen MR) is 120 cm³/mol. The Balaban J connectivity index is 1.39. The van der Waals surface area contributed by atoms with E-state index in [1.165, 1.54) is 0 Å². The van der Waals surface area contributed by atoms with Crippen molar-refractivity contribution >= 4 is 17.8 Å². The summed E-state index contributed by atoms with van der Waals surface area (Å²) in [6.45, 7) is 3.98. The molecule has 2 amide bonds. The van der Waals surface area contributed by atoms with Crippen LogP contribution in [0.4, 0.5) is 0 Å². The third-order valence-corrected chi connectivity index (χ3v) is 5.43. The zero-order valence-electron chi connectivity index (χ0n) is 18.4. The van der Waals surface area contributed by atoms with Crippen LogP contribution >= 0.6 is 0 Å². The lowest BCUT2D eigenvalue weighted by Gasteiger charge is -2.31. The van der Waals surface area contributed by atoms with Gasteiger partial charge in [0.1, 0.15) is 5.75 Å². The Hall–Kier alpha value is -3.35. The molecule has 0 bridgehead atoms. The van der Waals surface area contributed by atoms with Gasteiger partial charge in [-0.05, 0) is 49.6 Å². The first kappa shape index (κ1) is 23.3. The number of likely N-dealkylation sites (tertiary alicyclic amines) is 1. The summed E-state index contributed by atoms with van der Waals surface area (Å²) in [5.41, 5.74) is 1.52. The molecule has 0 aromatic heterocycles. The number of carbonyl (C=O) groups excluding carboxylic acids is 3. The van der Waals surface area contributed by atoms with E-state index >= 15 is 0 Å². The quantitative estimate of drug-likeness (QED) is 0.608. The molecule has 2 aromatic rings. The first-order valence-corrected chi connectivity index (χ1v) is 11.1. The zero-order chi connectivity index (χ0) is 22.8. The number of carbonyl (C=O) groups is 3. The van der Waals surface area contributed by atoms with Crippen LogP contribution in [0.2, 0.25) is 0 Å². The second-order valence-electron chi connectivity index (χ2n) is 7.70. The lowest BCUT2D eigenvalue weighted by molar-refractivity contribution is -0.149. The summed E-state index contributed by atoms with van der Waals surface area (Å²) in [6.07, 6.45) is 1.53. The molecule has 0 unspecified atom stereocenters. The number of ether oxygens (including phenoxy) is 2. The number of piperidine rings is 1. The van der Waals surface area contributed by atoms with Gasteiger partial charge in [0, 0.05) is 25.2 Å². The van der Waals surface area contributed by atoms with E-state index in [1.807, 2.05) is 42.5 Å². The fourth-order valence-electron chi connectivity index (χ4n) is 3.59. The summed E-state index contributed by atoms with van der Waals surface area (Å²) in [5.74, 6) is 0.317. The monoisotopic (exact) mass is 438 g/mol. The second kappa shape index (κ2) is 11.9. The summed E-state index contributed by atoms with van der Waals surface area (Å²) in [5, 5.41) is 2.86. The van der Waals surface area contributed by atoms with E-state index in [9.17, 15) is 14.4 Å². The second-order valence-corrected chi connectivity index (χ2v) is 7.70. The number of para-hydroxylation sites is 1. The van der Waals surface area contributed by atoms with Crippen LogP contribution in [-0.2, 0) is 20.9 Å². The summed E-state index contributed by atoms with van der Waals surface area (Å²) in [4.78, 5) is 38.4. The van der Waals surface area contributed by atoms with Crippen molar-refractivity contribution in [3.05, 3.63) is 65.7 Å². The molecule has 3 rings (SSSR count). The molecule has 170 valence electrons. The summed E-state index contributed by atoms with van der Waals surface area (Å²) < 4.78 is 10.6. The van der Waals surface area contributed by atoms with Crippen molar-refractivity contribution in [3.8, 4) is 5.75 Å². The number of amides is 2. The molecule has 0 spiro atoms. The minimum Gasteiger partial charge on any atom is -0.493 e. The molecular weight excluding hydrogens is 408 g/mol. The van der Waals surface area contributed by atoms with E-state index in [2.05, 4.69) is 5.32 Å². The largest absolute Gasteiger partial charge is 0.493 e. The summed E-state index contributed by atoms with van der Waals surface area (Å²) >= 11 is 0. The lowest BCUT2D eigenvalue weighted by atomic mass is 9.96. The molecule has 32 heavy (non-hydrogen) atoms. The summed E-state index contributed by atoms with van der Waals surface area (Å²) in [6, 6.07) is 16.6. The molecule has 0 atom stereocenters. The van der Waals surface area contributed by atoms with Crippen LogP contribution in [0.15, 0.2) is 54.6 Å². The average Bonchev–Trinajstić information content (AvgIpc) is 2.83. The molecule has 1 aliphatic heterocycles. The van der Waals surface area contributed by atoms with Gasteiger partial charge in [-0.15, -0.1) is 0 Å². The third kappa shape index (κ3) is 6.83. The fraction of sp³-hybridized carbons (Fsp3) is 0.400. The van der Waals surface area contributed by atoms with Crippen molar-refractivity contribution in [2.75, 3.05) is 26.3 Å². The number of hydrogen-bond donors (Lipinski definition) is 1. The van der Waals surface area contributed by atoms with Crippen molar-refractivity contribution in [3.63, 3.8) is 0 Å². The molecule has 1 fully saturated rings. The number of nitrogens with zero attached hydrogens (tertiary/aromatic N) is 1. The first-order valence-electron chi connectivity index (χ1n) is 11.1. The van der Waals surface area contributed by atoms with Crippen LogP contribution in [0.25, 0.3) is 0 Å². The molecule has 0 aliphatic carbocycles. The van der Waals surface area contributed by atoms with Crippen LogP contribution in [0.3, 0.4) is 0 Å². The Kier molecular flexibility index (Phi) is 8.66. The van der Waals surface area contributed by atoms with Gasteiger partial charge in [0.25, 0.3) is 5.91 Å². The van der Waals surface area contributed by atoms with E-state index < -0.39 is 0 Å². The summed E-state index contributed by atoms with van der Waals surface area (Å²) in [7, 11) is 0.